The van der Waals surface area contributed by atoms with Gasteiger partial charge in [0.15, 0.2) is 0 Å². The van der Waals surface area contributed by atoms with Crippen molar-refractivity contribution in [3.63, 3.8) is 0 Å². The van der Waals surface area contributed by atoms with Crippen LogP contribution in [0.5, 0.6) is 0 Å². The van der Waals surface area contributed by atoms with Gasteiger partial charge in [-0.1, -0.05) is 12.1 Å². The molecular formula is C23H24FN4NaO3S2. The monoisotopic (exact) mass is 510 g/mol. The molecule has 0 bridgehead atoms. The summed E-state index contributed by atoms with van der Waals surface area (Å²) in [6.07, 6.45) is 4.64. The van der Waals surface area contributed by atoms with E-state index in [9.17, 15) is 17.6 Å². The summed E-state index contributed by atoms with van der Waals surface area (Å²) in [6, 6.07) is 7.66. The molecule has 0 unspecified atom stereocenters. The van der Waals surface area contributed by atoms with Gasteiger partial charge in [-0.15, -0.1) is 11.3 Å². The molecule has 0 saturated carbocycles. The number of rotatable bonds is 4. The van der Waals surface area contributed by atoms with Crippen molar-refractivity contribution >= 4 is 33.1 Å². The molecule has 1 aromatic carbocycles. The molecule has 1 aliphatic heterocycles. The van der Waals surface area contributed by atoms with Crippen molar-refractivity contribution in [3.8, 4) is 11.1 Å². The molecule has 2 amide bonds. The number of aromatic nitrogens is 1. The molecule has 1 aliphatic carbocycles. The van der Waals surface area contributed by atoms with Crippen LogP contribution >= 0.6 is 11.3 Å². The Bertz CT molecular complexity index is 1370. The standard InChI is InChI=1S/C23H23FN4O3S2.Na.H/c1-28-11-9-19-15(13-28)12-20(32-19)33(30,31)27-23(29)26-21-16-5-2-4-14(16)7-8-17(21)18-6-3-10-25-22(18)24;;/h3,6-8,10,12H,2,4-5,9,11,13H2,1H3,(H2,26,27,29);;/q;+1;-1. The topological polar surface area (TPSA) is 91.4 Å². The maximum atomic E-state index is 14.4. The number of hydrogen-bond donors (Lipinski definition) is 2. The molecule has 0 fully saturated rings. The molecule has 3 heterocycles. The Labute approximate surface area is 225 Å². The number of fused-ring (bicyclic) bond motifs is 2. The zero-order chi connectivity index (χ0) is 23.2. The van der Waals surface area contributed by atoms with Gasteiger partial charge in [0.2, 0.25) is 5.95 Å². The van der Waals surface area contributed by atoms with Crippen LogP contribution in [-0.2, 0) is 35.8 Å². The number of nitrogens with one attached hydrogen (secondary N) is 2. The van der Waals surface area contributed by atoms with E-state index >= 15 is 0 Å². The quantitative estimate of drug-likeness (QED) is 0.405. The first-order chi connectivity index (χ1) is 15.8. The second-order valence-electron chi connectivity index (χ2n) is 8.38. The maximum Gasteiger partial charge on any atom is 1.00 e. The van der Waals surface area contributed by atoms with Crippen LogP contribution in [0.2, 0.25) is 0 Å². The summed E-state index contributed by atoms with van der Waals surface area (Å²) in [7, 11) is -2.05. The molecule has 5 rings (SSSR count). The van der Waals surface area contributed by atoms with E-state index < -0.39 is 22.0 Å². The molecular weight excluding hydrogens is 486 g/mol. The molecule has 2 aliphatic rings. The van der Waals surface area contributed by atoms with E-state index in [1.165, 1.54) is 17.5 Å². The van der Waals surface area contributed by atoms with Crippen LogP contribution < -0.4 is 39.6 Å². The smallest absolute Gasteiger partial charge is 1.00 e. The Morgan fingerprint density at radius 2 is 2.00 bits per heavy atom. The number of anilines is 1. The van der Waals surface area contributed by atoms with Crippen molar-refractivity contribution < 1.29 is 48.6 Å². The fraction of sp³-hybridized carbons (Fsp3) is 0.304. The van der Waals surface area contributed by atoms with Gasteiger partial charge in [-0.2, -0.15) is 4.39 Å². The number of carbonyl (C=O) groups excluding carboxylic acids is 1. The predicted octanol–water partition coefficient (Wildman–Crippen LogP) is 1.05. The van der Waals surface area contributed by atoms with E-state index in [1.807, 2.05) is 13.1 Å². The van der Waals surface area contributed by atoms with Gasteiger partial charge in [0.05, 0.1) is 5.69 Å². The molecule has 2 aromatic heterocycles. The summed E-state index contributed by atoms with van der Waals surface area (Å²) >= 11 is 1.20. The molecule has 2 N–H and O–H groups in total. The van der Waals surface area contributed by atoms with Crippen LogP contribution in [0.4, 0.5) is 14.9 Å². The minimum Gasteiger partial charge on any atom is -1.00 e. The number of nitrogens with zero attached hydrogens (tertiary/aromatic N) is 2. The number of benzene rings is 1. The minimum absolute atomic E-state index is 0. The second-order valence-corrected chi connectivity index (χ2v) is 11.4. The Hall–Kier alpha value is -1.82. The van der Waals surface area contributed by atoms with E-state index in [2.05, 4.69) is 19.9 Å². The SMILES string of the molecule is CN1CCc2sc(S(=O)(=O)NC(=O)Nc3c(-c4cccnc4F)ccc4c3CCC4)cc2C1.[H-].[Na+]. The number of carbonyl (C=O) groups is 1. The van der Waals surface area contributed by atoms with E-state index in [1.54, 1.807) is 24.3 Å². The van der Waals surface area contributed by atoms with Crippen molar-refractivity contribution in [2.45, 2.75) is 36.4 Å². The summed E-state index contributed by atoms with van der Waals surface area (Å²) in [4.78, 5) is 19.7. The summed E-state index contributed by atoms with van der Waals surface area (Å²) in [5, 5.41) is 2.70. The Kier molecular flexibility index (Phi) is 7.47. The summed E-state index contributed by atoms with van der Waals surface area (Å²) in [6.45, 7) is 1.55. The first-order valence-corrected chi connectivity index (χ1v) is 13.0. The van der Waals surface area contributed by atoms with Crippen molar-refractivity contribution in [2.75, 3.05) is 18.9 Å². The average Bonchev–Trinajstić information content (AvgIpc) is 3.41. The van der Waals surface area contributed by atoms with E-state index in [0.717, 1.165) is 53.8 Å². The third-order valence-electron chi connectivity index (χ3n) is 6.10. The van der Waals surface area contributed by atoms with Gasteiger partial charge in [0.1, 0.15) is 4.21 Å². The number of halogens is 1. The Balaban J connectivity index is 0.00000171. The van der Waals surface area contributed by atoms with Gasteiger partial charge in [-0.05, 0) is 67.6 Å². The van der Waals surface area contributed by atoms with Gasteiger partial charge >= 0.3 is 35.6 Å². The predicted molar refractivity (Wildman–Crippen MR) is 126 cm³/mol. The van der Waals surface area contributed by atoms with Gasteiger partial charge in [-0.25, -0.2) is 22.9 Å². The third-order valence-corrected chi connectivity index (χ3v) is 9.14. The third kappa shape index (κ3) is 4.93. The summed E-state index contributed by atoms with van der Waals surface area (Å²) in [5.41, 5.74) is 4.10. The summed E-state index contributed by atoms with van der Waals surface area (Å²) < 4.78 is 42.6. The molecule has 34 heavy (non-hydrogen) atoms. The molecule has 0 saturated heterocycles. The van der Waals surface area contributed by atoms with Crippen LogP contribution in [0.25, 0.3) is 11.1 Å². The van der Waals surface area contributed by atoms with Crippen LogP contribution in [0, 0.1) is 5.95 Å². The number of thiophene rings is 1. The normalized spacial score (nSPS) is 15.2. The number of urea groups is 1. The zero-order valence-corrected chi connectivity index (χ0v) is 22.7. The van der Waals surface area contributed by atoms with Crippen molar-refractivity contribution in [2.24, 2.45) is 0 Å². The largest absolute Gasteiger partial charge is 1.00 e. The molecule has 0 atom stereocenters. The van der Waals surface area contributed by atoms with Crippen LogP contribution in [0.15, 0.2) is 40.7 Å². The Morgan fingerprint density at radius 3 is 2.79 bits per heavy atom. The first kappa shape index (κ1) is 25.3. The molecule has 7 nitrogen and oxygen atoms in total. The molecule has 174 valence electrons. The zero-order valence-electron chi connectivity index (χ0n) is 20.0. The van der Waals surface area contributed by atoms with Gasteiger partial charge in [0, 0.05) is 35.3 Å². The van der Waals surface area contributed by atoms with Crippen LogP contribution in [0.1, 0.15) is 29.4 Å². The summed E-state index contributed by atoms with van der Waals surface area (Å²) in [5.74, 6) is -0.652. The first-order valence-electron chi connectivity index (χ1n) is 10.7. The van der Waals surface area contributed by atoms with E-state index in [0.29, 0.717) is 17.8 Å². The number of aryl methyl sites for hydroxylation is 1. The fourth-order valence-corrected chi connectivity index (χ4v) is 6.96. The molecule has 11 heteroatoms. The van der Waals surface area contributed by atoms with Crippen molar-refractivity contribution in [3.05, 3.63) is 64.0 Å². The number of likely N-dealkylation sites (N-methyl/N-ethyl adjacent to an activating group) is 1. The van der Waals surface area contributed by atoms with Crippen molar-refractivity contribution in [1.82, 2.24) is 14.6 Å². The molecule has 3 aromatic rings. The Morgan fingerprint density at radius 1 is 1.18 bits per heavy atom. The molecule has 0 spiro atoms. The van der Waals surface area contributed by atoms with E-state index in [-0.39, 0.29) is 40.8 Å². The van der Waals surface area contributed by atoms with Gasteiger partial charge in [0.25, 0.3) is 10.0 Å². The van der Waals surface area contributed by atoms with E-state index in [4.69, 9.17) is 0 Å². The fourth-order valence-electron chi connectivity index (χ4n) is 4.51. The van der Waals surface area contributed by atoms with Crippen LogP contribution in [0.3, 0.4) is 0 Å². The van der Waals surface area contributed by atoms with Crippen molar-refractivity contribution in [1.29, 1.82) is 0 Å². The minimum atomic E-state index is -4.04. The average molecular weight is 511 g/mol. The number of amides is 2. The maximum absolute atomic E-state index is 14.4. The van der Waals surface area contributed by atoms with Crippen LogP contribution in [-0.4, -0.2) is 37.9 Å². The molecule has 0 radical (unpaired) electrons. The van der Waals surface area contributed by atoms with Gasteiger partial charge < -0.3 is 11.6 Å². The number of sulfonamides is 1. The number of pyridine rings is 1. The van der Waals surface area contributed by atoms with Gasteiger partial charge in [-0.3, -0.25) is 0 Å². The number of hydrogen-bond acceptors (Lipinski definition) is 6. The second kappa shape index (κ2) is 10.0.